The summed E-state index contributed by atoms with van der Waals surface area (Å²) in [7, 11) is 0. The van der Waals surface area contributed by atoms with Crippen molar-refractivity contribution in [2.75, 3.05) is 19.7 Å². The summed E-state index contributed by atoms with van der Waals surface area (Å²) >= 11 is 0. The fraction of sp³-hybridized carbons (Fsp3) is 0.973. The molecule has 6 fully saturated rings. The Bertz CT molecular complexity index is 1110. The van der Waals surface area contributed by atoms with E-state index in [0.717, 1.165) is 44.9 Å². The van der Waals surface area contributed by atoms with E-state index in [4.69, 9.17) is 14.2 Å². The van der Waals surface area contributed by atoms with Crippen molar-refractivity contribution >= 4 is 5.91 Å². The highest BCUT2D eigenvalue weighted by atomic mass is 16.7. The zero-order valence-electron chi connectivity index (χ0n) is 29.4. The summed E-state index contributed by atoms with van der Waals surface area (Å²) in [5.74, 6) is 1.60. The van der Waals surface area contributed by atoms with Crippen molar-refractivity contribution in [2.24, 2.45) is 45.3 Å². The second kappa shape index (κ2) is 11.7. The lowest BCUT2D eigenvalue weighted by Gasteiger charge is -2.61. The van der Waals surface area contributed by atoms with Crippen LogP contribution in [0.3, 0.4) is 0 Å². The van der Waals surface area contributed by atoms with E-state index in [2.05, 4.69) is 34.6 Å². The number of carbonyl (C=O) groups excluding carboxylic acids is 1. The number of hydrogen-bond donors (Lipinski definition) is 3. The highest BCUT2D eigenvalue weighted by Crippen LogP contribution is 2.86. The van der Waals surface area contributed by atoms with Crippen LogP contribution in [0.4, 0.5) is 0 Å². The SMILES string of the molecule is CC[C@@H]1C([C@H](O)[C@]2(C)CCCC34CC35CC[C@H](OC3CN(C(C)=O)CCO3)C(C)(C)[C@@H]5CCC42)OC(C(O)C(C)(C)O)C[C@H]1C. The molecule has 258 valence electrons. The van der Waals surface area contributed by atoms with Crippen molar-refractivity contribution in [1.29, 1.82) is 0 Å². The van der Waals surface area contributed by atoms with Crippen LogP contribution in [-0.4, -0.2) is 88.2 Å². The lowest BCUT2D eigenvalue weighted by Crippen LogP contribution is -2.61. The lowest BCUT2D eigenvalue weighted by molar-refractivity contribution is -0.251. The maximum atomic E-state index is 12.5. The molecule has 1 amide bonds. The molecule has 6 aliphatic rings. The number of nitrogens with zero attached hydrogens (tertiary/aromatic N) is 1. The van der Waals surface area contributed by atoms with Crippen molar-refractivity contribution in [3.8, 4) is 0 Å². The number of ether oxygens (including phenoxy) is 3. The number of amides is 1. The van der Waals surface area contributed by atoms with Crippen LogP contribution >= 0.6 is 0 Å². The number of aliphatic hydroxyl groups is 3. The lowest BCUT2D eigenvalue weighted by atomic mass is 9.45. The Kier molecular flexibility index (Phi) is 8.86. The van der Waals surface area contributed by atoms with Crippen molar-refractivity contribution in [3.63, 3.8) is 0 Å². The molecule has 0 radical (unpaired) electrons. The standard InChI is InChI=1S/C37H63NO7/c1-9-24-22(2)19-25(31(40)34(6,7)42)44-30(24)32(41)35(8)14-10-15-36-21-37(36)16-13-28(33(4,5)26(37)11-12-27(35)36)45-29-20-38(23(3)39)17-18-43-29/h22,24-32,40-42H,9-21H2,1-8H3/t22-,24+,25?,26+,27?,28+,29?,30?,31?,32+,35-,36?,37?/m1/s1. The van der Waals surface area contributed by atoms with Crippen LogP contribution in [0.1, 0.15) is 120 Å². The molecule has 0 aromatic heterocycles. The fourth-order valence-electron chi connectivity index (χ4n) is 12.3. The second-order valence-electron chi connectivity index (χ2n) is 17.7. The first kappa shape index (κ1) is 34.1. The van der Waals surface area contributed by atoms with E-state index in [9.17, 15) is 20.1 Å². The largest absolute Gasteiger partial charge is 0.390 e. The van der Waals surface area contributed by atoms with Crippen LogP contribution in [0, 0.1) is 45.3 Å². The predicted octanol–water partition coefficient (Wildman–Crippen LogP) is 5.30. The minimum Gasteiger partial charge on any atom is -0.390 e. The second-order valence-corrected chi connectivity index (χ2v) is 17.7. The molecule has 8 nitrogen and oxygen atoms in total. The smallest absolute Gasteiger partial charge is 0.219 e. The summed E-state index contributed by atoms with van der Waals surface area (Å²) < 4.78 is 19.4. The molecule has 0 aromatic carbocycles. The predicted molar refractivity (Wildman–Crippen MR) is 172 cm³/mol. The molecule has 2 spiro atoms. The summed E-state index contributed by atoms with van der Waals surface area (Å²) in [5, 5.41) is 34.2. The molecule has 13 atom stereocenters. The van der Waals surface area contributed by atoms with Crippen molar-refractivity contribution in [3.05, 3.63) is 0 Å². The summed E-state index contributed by atoms with van der Waals surface area (Å²) in [5.41, 5.74) is -0.967. The van der Waals surface area contributed by atoms with Gasteiger partial charge in [0, 0.05) is 13.5 Å². The van der Waals surface area contributed by atoms with Crippen LogP contribution in [-0.2, 0) is 19.0 Å². The number of rotatable bonds is 7. The Hall–Kier alpha value is -0.770. The average Bonchev–Trinajstić information content (AvgIpc) is 3.64. The molecule has 4 aliphatic carbocycles. The zero-order valence-corrected chi connectivity index (χ0v) is 29.4. The summed E-state index contributed by atoms with van der Waals surface area (Å²) in [4.78, 5) is 13.9. The molecular formula is C37H63NO7. The molecule has 7 unspecified atom stereocenters. The first-order chi connectivity index (χ1) is 21.0. The Morgan fingerprint density at radius 2 is 1.76 bits per heavy atom. The van der Waals surface area contributed by atoms with Gasteiger partial charge < -0.3 is 34.4 Å². The van der Waals surface area contributed by atoms with E-state index in [-0.39, 0.29) is 46.6 Å². The third kappa shape index (κ3) is 5.35. The first-order valence-electron chi connectivity index (χ1n) is 18.3. The van der Waals surface area contributed by atoms with E-state index in [1.807, 2.05) is 4.90 Å². The Morgan fingerprint density at radius 1 is 1.07 bits per heavy atom. The molecular weight excluding hydrogens is 570 g/mol. The molecule has 2 saturated heterocycles. The van der Waals surface area contributed by atoms with E-state index in [1.54, 1.807) is 20.8 Å². The Morgan fingerprint density at radius 3 is 2.42 bits per heavy atom. The molecule has 2 aliphatic heterocycles. The molecule has 3 N–H and O–H groups in total. The van der Waals surface area contributed by atoms with Crippen LogP contribution in [0.2, 0.25) is 0 Å². The fourth-order valence-corrected chi connectivity index (χ4v) is 12.3. The van der Waals surface area contributed by atoms with Gasteiger partial charge in [0.1, 0.15) is 6.10 Å². The maximum absolute atomic E-state index is 12.5. The zero-order chi connectivity index (χ0) is 32.7. The molecule has 45 heavy (non-hydrogen) atoms. The van der Waals surface area contributed by atoms with Crippen molar-refractivity contribution in [1.82, 2.24) is 4.90 Å². The molecule has 0 aromatic rings. The maximum Gasteiger partial charge on any atom is 0.219 e. The van der Waals surface area contributed by atoms with Gasteiger partial charge in [0.2, 0.25) is 5.91 Å². The molecule has 2 heterocycles. The first-order valence-corrected chi connectivity index (χ1v) is 18.3. The van der Waals surface area contributed by atoms with Gasteiger partial charge in [0.15, 0.2) is 6.29 Å². The monoisotopic (exact) mass is 633 g/mol. The summed E-state index contributed by atoms with van der Waals surface area (Å²) in [6, 6.07) is 0. The third-order valence-electron chi connectivity index (χ3n) is 14.7. The van der Waals surface area contributed by atoms with E-state index in [1.165, 1.54) is 12.8 Å². The normalized spacial score (nSPS) is 47.6. The number of morpholine rings is 1. The van der Waals surface area contributed by atoms with Crippen molar-refractivity contribution < 1.29 is 34.3 Å². The molecule has 8 heteroatoms. The van der Waals surface area contributed by atoms with Gasteiger partial charge in [-0.25, -0.2) is 0 Å². The van der Waals surface area contributed by atoms with Gasteiger partial charge >= 0.3 is 0 Å². The Labute approximate surface area is 271 Å². The van der Waals surface area contributed by atoms with Gasteiger partial charge in [-0.3, -0.25) is 4.79 Å². The Balaban J connectivity index is 1.21. The van der Waals surface area contributed by atoms with E-state index < -0.39 is 23.9 Å². The third-order valence-corrected chi connectivity index (χ3v) is 14.7. The van der Waals surface area contributed by atoms with Gasteiger partial charge in [-0.1, -0.05) is 47.5 Å². The molecule has 6 rings (SSSR count). The number of hydrogen-bond acceptors (Lipinski definition) is 7. The average molecular weight is 634 g/mol. The topological polar surface area (TPSA) is 109 Å². The minimum atomic E-state index is -1.26. The quantitative estimate of drug-likeness (QED) is 0.349. The number of carbonyl (C=O) groups is 1. The van der Waals surface area contributed by atoms with Gasteiger partial charge in [-0.15, -0.1) is 0 Å². The van der Waals surface area contributed by atoms with Gasteiger partial charge in [-0.05, 0) is 111 Å². The van der Waals surface area contributed by atoms with Gasteiger partial charge in [0.05, 0.1) is 43.2 Å². The minimum absolute atomic E-state index is 0.00325. The van der Waals surface area contributed by atoms with E-state index in [0.29, 0.717) is 49.3 Å². The molecule has 0 bridgehead atoms. The summed E-state index contributed by atoms with van der Waals surface area (Å²) in [6.45, 7) is 18.2. The molecule has 4 saturated carbocycles. The highest BCUT2D eigenvalue weighted by Gasteiger charge is 2.80. The van der Waals surface area contributed by atoms with Gasteiger partial charge in [-0.2, -0.15) is 0 Å². The number of aliphatic hydroxyl groups excluding tert-OH is 2. The van der Waals surface area contributed by atoms with Crippen LogP contribution < -0.4 is 0 Å². The van der Waals surface area contributed by atoms with Gasteiger partial charge in [0.25, 0.3) is 0 Å². The highest BCUT2D eigenvalue weighted by molar-refractivity contribution is 5.73. The van der Waals surface area contributed by atoms with Crippen LogP contribution in [0.15, 0.2) is 0 Å². The van der Waals surface area contributed by atoms with Crippen molar-refractivity contribution in [2.45, 2.75) is 162 Å². The van der Waals surface area contributed by atoms with Crippen LogP contribution in [0.5, 0.6) is 0 Å². The van der Waals surface area contributed by atoms with E-state index >= 15 is 0 Å². The summed E-state index contributed by atoms with van der Waals surface area (Å²) in [6.07, 6.45) is 7.98. The van der Waals surface area contributed by atoms with Crippen LogP contribution in [0.25, 0.3) is 0 Å².